The number of ketones is 1. The molecule has 1 aliphatic rings. The first kappa shape index (κ1) is 9.49. The minimum absolute atomic E-state index is 0.146. The lowest BCUT2D eigenvalue weighted by atomic mass is 9.94. The van der Waals surface area contributed by atoms with Gasteiger partial charge in [0.15, 0.2) is 5.78 Å². The average molecular weight is 266 g/mol. The molecule has 0 spiro atoms. The summed E-state index contributed by atoms with van der Waals surface area (Å²) in [6.07, 6.45) is 4.77. The molecule has 0 amide bonds. The van der Waals surface area contributed by atoms with Gasteiger partial charge in [-0.15, -0.1) is 0 Å². The highest BCUT2D eigenvalue weighted by Gasteiger charge is 2.32. The first-order valence-electron chi connectivity index (χ1n) is 4.25. The molecule has 0 saturated heterocycles. The van der Waals surface area contributed by atoms with Crippen molar-refractivity contribution in [2.24, 2.45) is 5.92 Å². The number of halogens is 1. The molecule has 0 radical (unpaired) electrons. The molecule has 1 aliphatic carbocycles. The summed E-state index contributed by atoms with van der Waals surface area (Å²) < 4.78 is -0.146. The van der Waals surface area contributed by atoms with E-state index in [0.29, 0.717) is 11.7 Å². The van der Waals surface area contributed by atoms with Crippen molar-refractivity contribution in [3.05, 3.63) is 0 Å². The second-order valence-corrected chi connectivity index (χ2v) is 6.51. The van der Waals surface area contributed by atoms with E-state index in [1.165, 1.54) is 12.8 Å². The second-order valence-electron chi connectivity index (χ2n) is 3.82. The third-order valence-corrected chi connectivity index (χ3v) is 2.84. The van der Waals surface area contributed by atoms with Crippen LogP contribution in [0.3, 0.4) is 0 Å². The average Bonchev–Trinajstić information content (AvgIpc) is 2.34. The van der Waals surface area contributed by atoms with Crippen molar-refractivity contribution in [1.82, 2.24) is 0 Å². The highest BCUT2D eigenvalue weighted by atomic mass is 127. The van der Waals surface area contributed by atoms with Crippen LogP contribution >= 0.6 is 22.6 Å². The zero-order chi connectivity index (χ0) is 8.48. The summed E-state index contributed by atoms with van der Waals surface area (Å²) in [5.41, 5.74) is 0. The van der Waals surface area contributed by atoms with E-state index in [9.17, 15) is 4.79 Å². The first-order chi connectivity index (χ1) is 5.02. The lowest BCUT2D eigenvalue weighted by molar-refractivity contribution is -0.123. The van der Waals surface area contributed by atoms with Crippen molar-refractivity contribution >= 4 is 28.4 Å². The Kier molecular flexibility index (Phi) is 2.95. The van der Waals surface area contributed by atoms with Crippen LogP contribution < -0.4 is 0 Å². The molecule has 1 nitrogen and oxygen atoms in total. The molecule has 1 fully saturated rings. The Bertz CT molecular complexity index is 151. The standard InChI is InChI=1S/C9H15IO/c1-9(2,10)8(11)7-5-3-4-6-7/h7H,3-6H2,1-2H3. The van der Waals surface area contributed by atoms with Crippen LogP contribution in [0.2, 0.25) is 0 Å². The van der Waals surface area contributed by atoms with Crippen molar-refractivity contribution in [1.29, 1.82) is 0 Å². The minimum Gasteiger partial charge on any atom is -0.298 e. The minimum atomic E-state index is -0.146. The van der Waals surface area contributed by atoms with Gasteiger partial charge in [0.2, 0.25) is 0 Å². The van der Waals surface area contributed by atoms with Gasteiger partial charge >= 0.3 is 0 Å². The fraction of sp³-hybridized carbons (Fsp3) is 0.889. The van der Waals surface area contributed by atoms with E-state index in [-0.39, 0.29) is 3.42 Å². The van der Waals surface area contributed by atoms with Crippen LogP contribution in [0.25, 0.3) is 0 Å². The number of alkyl halides is 1. The Labute approximate surface area is 82.1 Å². The number of carbonyl (C=O) groups excluding carboxylic acids is 1. The van der Waals surface area contributed by atoms with Crippen LogP contribution in [0.5, 0.6) is 0 Å². The molecule has 1 saturated carbocycles. The third-order valence-electron chi connectivity index (χ3n) is 2.31. The zero-order valence-electron chi connectivity index (χ0n) is 7.19. The maximum atomic E-state index is 11.7. The van der Waals surface area contributed by atoms with Crippen molar-refractivity contribution in [3.8, 4) is 0 Å². The largest absolute Gasteiger partial charge is 0.298 e. The summed E-state index contributed by atoms with van der Waals surface area (Å²) >= 11 is 2.24. The predicted molar refractivity (Wildman–Crippen MR) is 55.1 cm³/mol. The van der Waals surface area contributed by atoms with Gasteiger partial charge in [0.1, 0.15) is 0 Å². The Morgan fingerprint density at radius 3 is 2.18 bits per heavy atom. The topological polar surface area (TPSA) is 17.1 Å². The first-order valence-corrected chi connectivity index (χ1v) is 5.33. The summed E-state index contributed by atoms with van der Waals surface area (Å²) in [6, 6.07) is 0. The molecule has 0 aromatic carbocycles. The van der Waals surface area contributed by atoms with E-state index in [0.717, 1.165) is 12.8 Å². The summed E-state index contributed by atoms with van der Waals surface area (Å²) in [6.45, 7) is 4.02. The smallest absolute Gasteiger partial charge is 0.151 e. The van der Waals surface area contributed by atoms with Gasteiger partial charge in [-0.1, -0.05) is 35.4 Å². The molecular weight excluding hydrogens is 251 g/mol. The van der Waals surface area contributed by atoms with Crippen molar-refractivity contribution in [2.75, 3.05) is 0 Å². The quantitative estimate of drug-likeness (QED) is 0.554. The lowest BCUT2D eigenvalue weighted by Crippen LogP contribution is -2.29. The van der Waals surface area contributed by atoms with Crippen LogP contribution in [-0.4, -0.2) is 9.20 Å². The predicted octanol–water partition coefficient (Wildman–Crippen LogP) is 2.96. The van der Waals surface area contributed by atoms with Gasteiger partial charge in [-0.25, -0.2) is 0 Å². The summed E-state index contributed by atoms with van der Waals surface area (Å²) in [4.78, 5) is 11.7. The molecule has 0 aliphatic heterocycles. The molecule has 0 aromatic heterocycles. The third kappa shape index (κ3) is 2.42. The molecule has 0 N–H and O–H groups in total. The van der Waals surface area contributed by atoms with Crippen LogP contribution in [0.1, 0.15) is 39.5 Å². The van der Waals surface area contributed by atoms with Crippen molar-refractivity contribution in [2.45, 2.75) is 43.0 Å². The highest BCUT2D eigenvalue weighted by molar-refractivity contribution is 14.1. The SMILES string of the molecule is CC(C)(I)C(=O)C1CCCC1. The molecule has 1 rings (SSSR count). The Morgan fingerprint density at radius 1 is 1.36 bits per heavy atom. The van der Waals surface area contributed by atoms with E-state index in [4.69, 9.17) is 0 Å². The van der Waals surface area contributed by atoms with E-state index < -0.39 is 0 Å². The van der Waals surface area contributed by atoms with Gasteiger partial charge in [0.25, 0.3) is 0 Å². The molecule has 0 bridgehead atoms. The van der Waals surface area contributed by atoms with Crippen LogP contribution in [0, 0.1) is 5.92 Å². The number of Topliss-reactive ketones (excluding diaryl/α,β-unsaturated/α-hetero) is 1. The van der Waals surface area contributed by atoms with Gasteiger partial charge < -0.3 is 0 Å². The molecule has 64 valence electrons. The van der Waals surface area contributed by atoms with Crippen molar-refractivity contribution < 1.29 is 4.79 Å². The number of hydrogen-bond acceptors (Lipinski definition) is 1. The summed E-state index contributed by atoms with van der Waals surface area (Å²) in [5.74, 6) is 0.831. The maximum absolute atomic E-state index is 11.7. The monoisotopic (exact) mass is 266 g/mol. The lowest BCUT2D eigenvalue weighted by Gasteiger charge is -2.18. The van der Waals surface area contributed by atoms with Gasteiger partial charge in [0, 0.05) is 5.92 Å². The van der Waals surface area contributed by atoms with E-state index in [1.54, 1.807) is 0 Å². The van der Waals surface area contributed by atoms with E-state index >= 15 is 0 Å². The normalized spacial score (nSPS) is 20.6. The summed E-state index contributed by atoms with van der Waals surface area (Å²) in [5, 5.41) is 0. The van der Waals surface area contributed by atoms with Crippen LogP contribution in [0.15, 0.2) is 0 Å². The summed E-state index contributed by atoms with van der Waals surface area (Å²) in [7, 11) is 0. The molecule has 0 atom stereocenters. The number of rotatable bonds is 2. The van der Waals surface area contributed by atoms with Crippen LogP contribution in [0.4, 0.5) is 0 Å². The van der Waals surface area contributed by atoms with Gasteiger partial charge in [-0.3, -0.25) is 4.79 Å². The Hall–Kier alpha value is 0.400. The molecular formula is C9H15IO. The molecule has 0 unspecified atom stereocenters. The highest BCUT2D eigenvalue weighted by Crippen LogP contribution is 2.32. The molecule has 11 heavy (non-hydrogen) atoms. The fourth-order valence-electron chi connectivity index (χ4n) is 1.67. The molecule has 0 aromatic rings. The zero-order valence-corrected chi connectivity index (χ0v) is 9.35. The molecule has 2 heteroatoms. The number of hydrogen-bond donors (Lipinski definition) is 0. The Balaban J connectivity index is 2.53. The van der Waals surface area contributed by atoms with E-state index in [2.05, 4.69) is 22.6 Å². The van der Waals surface area contributed by atoms with Gasteiger partial charge in [-0.05, 0) is 26.7 Å². The number of carbonyl (C=O) groups is 1. The Morgan fingerprint density at radius 2 is 1.82 bits per heavy atom. The molecule has 0 heterocycles. The van der Waals surface area contributed by atoms with Gasteiger partial charge in [-0.2, -0.15) is 0 Å². The second kappa shape index (κ2) is 3.42. The van der Waals surface area contributed by atoms with Gasteiger partial charge in [0.05, 0.1) is 3.42 Å². The van der Waals surface area contributed by atoms with Crippen LogP contribution in [-0.2, 0) is 4.79 Å². The fourth-order valence-corrected chi connectivity index (χ4v) is 2.11. The van der Waals surface area contributed by atoms with E-state index in [1.807, 2.05) is 13.8 Å². The van der Waals surface area contributed by atoms with Crippen molar-refractivity contribution in [3.63, 3.8) is 0 Å². The maximum Gasteiger partial charge on any atom is 0.151 e.